The monoisotopic (exact) mass is 177 g/mol. The van der Waals surface area contributed by atoms with Crippen molar-refractivity contribution < 1.29 is 15.3 Å². The summed E-state index contributed by atoms with van der Waals surface area (Å²) < 4.78 is 0. The van der Waals surface area contributed by atoms with Crippen molar-refractivity contribution in [2.75, 3.05) is 6.61 Å². The number of hydrogen-bond donors (Lipinski definition) is 4. The molecule has 5 N–H and O–H groups in total. The smallest absolute Gasteiger partial charge is 0.104 e. The number of hydrogen-bond acceptors (Lipinski definition) is 4. The minimum absolute atomic E-state index is 0.204. The maximum absolute atomic E-state index is 9.22. The molecule has 2 unspecified atom stereocenters. The summed E-state index contributed by atoms with van der Waals surface area (Å²) in [7, 11) is 0. The van der Waals surface area contributed by atoms with E-state index in [0.717, 1.165) is 19.3 Å². The van der Waals surface area contributed by atoms with Gasteiger partial charge >= 0.3 is 0 Å². The van der Waals surface area contributed by atoms with Gasteiger partial charge < -0.3 is 21.1 Å². The Labute approximate surface area is 73.0 Å². The van der Waals surface area contributed by atoms with E-state index in [9.17, 15) is 5.11 Å². The third kappa shape index (κ3) is 7.94. The van der Waals surface area contributed by atoms with Crippen molar-refractivity contribution in [3.05, 3.63) is 0 Å². The maximum atomic E-state index is 9.22. The molecular formula is C8H19NO3. The third-order valence-corrected chi connectivity index (χ3v) is 1.71. The molecule has 0 aromatic rings. The van der Waals surface area contributed by atoms with Crippen LogP contribution in [-0.4, -0.2) is 34.3 Å². The second kappa shape index (κ2) is 7.49. The van der Waals surface area contributed by atoms with E-state index in [2.05, 4.69) is 0 Å². The normalized spacial score (nSPS) is 16.0. The highest BCUT2D eigenvalue weighted by Crippen LogP contribution is 2.06. The number of rotatable bonds is 7. The van der Waals surface area contributed by atoms with Gasteiger partial charge in [0.25, 0.3) is 0 Å². The second-order valence-electron chi connectivity index (χ2n) is 3.03. The van der Waals surface area contributed by atoms with Crippen molar-refractivity contribution in [3.63, 3.8) is 0 Å². The predicted octanol–water partition coefficient (Wildman–Crippen LogP) is -0.433. The lowest BCUT2D eigenvalue weighted by atomic mass is 10.1. The molecule has 0 heterocycles. The van der Waals surface area contributed by atoms with Crippen LogP contribution < -0.4 is 5.73 Å². The van der Waals surface area contributed by atoms with E-state index >= 15 is 0 Å². The van der Waals surface area contributed by atoms with Crippen molar-refractivity contribution in [2.24, 2.45) is 5.73 Å². The summed E-state index contributed by atoms with van der Waals surface area (Å²) >= 11 is 0. The molecule has 4 heteroatoms. The van der Waals surface area contributed by atoms with Crippen LogP contribution in [0, 0.1) is 0 Å². The predicted molar refractivity (Wildman–Crippen MR) is 46.4 cm³/mol. The molecule has 0 radical (unpaired) electrons. The lowest BCUT2D eigenvalue weighted by molar-refractivity contribution is 0.0772. The molecule has 0 saturated heterocycles. The first-order chi connectivity index (χ1) is 5.66. The molecule has 0 aromatic heterocycles. The van der Waals surface area contributed by atoms with Crippen molar-refractivity contribution in [1.82, 2.24) is 0 Å². The highest BCUT2D eigenvalue weighted by Gasteiger charge is 2.06. The SMILES string of the molecule is NC(O)CC(O)CCCCCO. The lowest BCUT2D eigenvalue weighted by Crippen LogP contribution is -2.25. The largest absolute Gasteiger partial charge is 0.396 e. The fourth-order valence-corrected chi connectivity index (χ4v) is 1.07. The van der Waals surface area contributed by atoms with Gasteiger partial charge in [-0.25, -0.2) is 0 Å². The van der Waals surface area contributed by atoms with Crippen molar-refractivity contribution in [3.8, 4) is 0 Å². The van der Waals surface area contributed by atoms with E-state index in [4.69, 9.17) is 15.9 Å². The van der Waals surface area contributed by atoms with E-state index in [1.165, 1.54) is 0 Å². The van der Waals surface area contributed by atoms with Crippen LogP contribution in [0.15, 0.2) is 0 Å². The third-order valence-electron chi connectivity index (χ3n) is 1.71. The molecule has 0 aromatic carbocycles. The summed E-state index contributed by atoms with van der Waals surface area (Å²) in [6.45, 7) is 0.204. The molecule has 0 amide bonds. The highest BCUT2D eigenvalue weighted by molar-refractivity contribution is 4.58. The van der Waals surface area contributed by atoms with Gasteiger partial charge in [0.1, 0.15) is 6.23 Å². The van der Waals surface area contributed by atoms with E-state index in [1.54, 1.807) is 0 Å². The quantitative estimate of drug-likeness (QED) is 0.314. The van der Waals surface area contributed by atoms with Crippen molar-refractivity contribution in [2.45, 2.75) is 44.4 Å². The van der Waals surface area contributed by atoms with Crippen LogP contribution in [0.5, 0.6) is 0 Å². The topological polar surface area (TPSA) is 86.7 Å². The standard InChI is InChI=1S/C8H19NO3/c9-8(12)6-7(11)4-2-1-3-5-10/h7-8,10-12H,1-6,9H2. The summed E-state index contributed by atoms with van der Waals surface area (Å²) in [4.78, 5) is 0. The number of aliphatic hydroxyl groups excluding tert-OH is 3. The van der Waals surface area contributed by atoms with Gasteiger partial charge in [0, 0.05) is 13.0 Å². The van der Waals surface area contributed by atoms with Crippen molar-refractivity contribution in [1.29, 1.82) is 0 Å². The fraction of sp³-hybridized carbons (Fsp3) is 1.00. The van der Waals surface area contributed by atoms with Crippen LogP contribution in [0.1, 0.15) is 32.1 Å². The number of unbranched alkanes of at least 4 members (excludes halogenated alkanes) is 2. The zero-order chi connectivity index (χ0) is 9.40. The summed E-state index contributed by atoms with van der Waals surface area (Å²) in [5, 5.41) is 26.4. The summed E-state index contributed by atoms with van der Waals surface area (Å²) in [5.74, 6) is 0. The van der Waals surface area contributed by atoms with E-state index in [-0.39, 0.29) is 13.0 Å². The molecule has 0 aliphatic rings. The van der Waals surface area contributed by atoms with Crippen LogP contribution in [0.25, 0.3) is 0 Å². The zero-order valence-electron chi connectivity index (χ0n) is 7.32. The maximum Gasteiger partial charge on any atom is 0.104 e. The molecule has 12 heavy (non-hydrogen) atoms. The van der Waals surface area contributed by atoms with Gasteiger partial charge in [-0.1, -0.05) is 12.8 Å². The van der Waals surface area contributed by atoms with Gasteiger partial charge in [0.15, 0.2) is 0 Å². The average Bonchev–Trinajstić information content (AvgIpc) is 1.97. The highest BCUT2D eigenvalue weighted by atomic mass is 16.3. The van der Waals surface area contributed by atoms with Crippen LogP contribution in [0.3, 0.4) is 0 Å². The minimum Gasteiger partial charge on any atom is -0.396 e. The van der Waals surface area contributed by atoms with Crippen LogP contribution in [0.4, 0.5) is 0 Å². The molecule has 4 nitrogen and oxygen atoms in total. The Bertz CT molecular complexity index is 98.3. The Morgan fingerprint density at radius 2 is 1.75 bits per heavy atom. The first-order valence-electron chi connectivity index (χ1n) is 4.39. The summed E-state index contributed by atoms with van der Waals surface area (Å²) in [6.07, 6.45) is 2.01. The van der Waals surface area contributed by atoms with Crippen LogP contribution in [-0.2, 0) is 0 Å². The number of nitrogens with two attached hydrogens (primary N) is 1. The molecule has 74 valence electrons. The molecule has 0 saturated carbocycles. The average molecular weight is 177 g/mol. The molecule has 0 spiro atoms. The molecule has 0 aliphatic heterocycles. The summed E-state index contributed by atoms with van der Waals surface area (Å²) in [6, 6.07) is 0. The van der Waals surface area contributed by atoms with Gasteiger partial charge in [0.2, 0.25) is 0 Å². The van der Waals surface area contributed by atoms with Crippen LogP contribution >= 0.6 is 0 Å². The fourth-order valence-electron chi connectivity index (χ4n) is 1.07. The molecule has 0 bridgehead atoms. The van der Waals surface area contributed by atoms with Gasteiger partial charge in [0.05, 0.1) is 6.10 Å². The number of aliphatic hydroxyl groups is 3. The zero-order valence-corrected chi connectivity index (χ0v) is 7.32. The van der Waals surface area contributed by atoms with E-state index in [1.807, 2.05) is 0 Å². The Kier molecular flexibility index (Phi) is 7.39. The van der Waals surface area contributed by atoms with Gasteiger partial charge in [-0.05, 0) is 12.8 Å². The van der Waals surface area contributed by atoms with Gasteiger partial charge in [-0.3, -0.25) is 0 Å². The van der Waals surface area contributed by atoms with Crippen molar-refractivity contribution >= 4 is 0 Å². The molecule has 0 aliphatic carbocycles. The summed E-state index contributed by atoms with van der Waals surface area (Å²) in [5.41, 5.74) is 5.08. The Balaban J connectivity index is 3.14. The molecule has 0 rings (SSSR count). The van der Waals surface area contributed by atoms with Gasteiger partial charge in [-0.2, -0.15) is 0 Å². The first-order valence-corrected chi connectivity index (χ1v) is 4.39. The Morgan fingerprint density at radius 3 is 2.25 bits per heavy atom. The van der Waals surface area contributed by atoms with E-state index < -0.39 is 12.3 Å². The van der Waals surface area contributed by atoms with Gasteiger partial charge in [-0.15, -0.1) is 0 Å². The Morgan fingerprint density at radius 1 is 1.08 bits per heavy atom. The second-order valence-corrected chi connectivity index (χ2v) is 3.03. The molecule has 0 fully saturated rings. The Hall–Kier alpha value is -0.160. The first kappa shape index (κ1) is 11.8. The van der Waals surface area contributed by atoms with E-state index in [0.29, 0.717) is 6.42 Å². The molecule has 2 atom stereocenters. The minimum atomic E-state index is -0.919. The van der Waals surface area contributed by atoms with Crippen LogP contribution in [0.2, 0.25) is 0 Å². The lowest BCUT2D eigenvalue weighted by Gasteiger charge is -2.11. The molecular weight excluding hydrogens is 158 g/mol.